The first-order valence-corrected chi connectivity index (χ1v) is 19.3. The van der Waals surface area contributed by atoms with E-state index in [0.29, 0.717) is 5.56 Å². The molecule has 4 aliphatic rings. The molecule has 6 rings (SSSR count). The number of nitrogens with one attached hydrogen (secondary N) is 1. The van der Waals surface area contributed by atoms with Gasteiger partial charge in [0.15, 0.2) is 17.5 Å². The van der Waals surface area contributed by atoms with E-state index in [-0.39, 0.29) is 29.7 Å². The Balaban J connectivity index is 1.49. The van der Waals surface area contributed by atoms with E-state index < -0.39 is 112 Å². The second kappa shape index (κ2) is 15.2. The van der Waals surface area contributed by atoms with Crippen molar-refractivity contribution < 1.29 is 68.1 Å². The average molecular weight is 808 g/mol. The summed E-state index contributed by atoms with van der Waals surface area (Å²) in [6.07, 6.45) is -11.5. The van der Waals surface area contributed by atoms with Crippen LogP contribution in [-0.4, -0.2) is 110 Å². The van der Waals surface area contributed by atoms with Gasteiger partial charge in [-0.3, -0.25) is 9.59 Å². The number of benzene rings is 2. The minimum absolute atomic E-state index is 0.0637. The molecular formula is C43H53NO14. The number of hydrogen-bond donors (Lipinski definition) is 5. The molecule has 0 radical (unpaired) electrons. The first-order chi connectivity index (χ1) is 27.0. The lowest BCUT2D eigenvalue weighted by atomic mass is 9.44. The van der Waals surface area contributed by atoms with Crippen molar-refractivity contribution in [3.63, 3.8) is 0 Å². The highest BCUT2D eigenvalue weighted by Crippen LogP contribution is 2.64. The van der Waals surface area contributed by atoms with Crippen molar-refractivity contribution in [2.45, 2.75) is 128 Å². The van der Waals surface area contributed by atoms with Gasteiger partial charge in [0, 0.05) is 25.2 Å². The maximum atomic E-state index is 14.9. The van der Waals surface area contributed by atoms with E-state index in [4.69, 9.17) is 23.7 Å². The Morgan fingerprint density at radius 3 is 2.10 bits per heavy atom. The third-order valence-corrected chi connectivity index (χ3v) is 12.6. The molecule has 2 saturated carbocycles. The second-order valence-electron chi connectivity index (χ2n) is 17.6. The Hall–Kier alpha value is -4.67. The number of carbonyl (C=O) groups excluding carboxylic acids is 5. The Morgan fingerprint density at radius 1 is 0.948 bits per heavy atom. The smallest absolute Gasteiger partial charge is 0.408 e. The summed E-state index contributed by atoms with van der Waals surface area (Å²) < 4.78 is 29.5. The van der Waals surface area contributed by atoms with Gasteiger partial charge >= 0.3 is 24.0 Å². The maximum Gasteiger partial charge on any atom is 0.408 e. The number of aliphatic hydroxyl groups is 4. The third-order valence-electron chi connectivity index (χ3n) is 12.6. The van der Waals surface area contributed by atoms with Gasteiger partial charge in [-0.25, -0.2) is 14.4 Å². The fraction of sp³-hybridized carbons (Fsp3) is 0.558. The van der Waals surface area contributed by atoms with E-state index in [2.05, 4.69) is 5.32 Å². The van der Waals surface area contributed by atoms with Crippen molar-refractivity contribution in [2.24, 2.45) is 16.7 Å². The van der Waals surface area contributed by atoms with Gasteiger partial charge in [-0.05, 0) is 63.5 Å². The van der Waals surface area contributed by atoms with Crippen molar-refractivity contribution in [1.29, 1.82) is 0 Å². The number of esters is 3. The van der Waals surface area contributed by atoms with Crippen molar-refractivity contribution in [2.75, 3.05) is 6.61 Å². The number of amides is 1. The van der Waals surface area contributed by atoms with E-state index in [0.717, 1.165) is 6.92 Å². The first-order valence-electron chi connectivity index (χ1n) is 19.3. The second-order valence-corrected chi connectivity index (χ2v) is 17.6. The third kappa shape index (κ3) is 7.10. The van der Waals surface area contributed by atoms with Crippen molar-refractivity contribution in [3.05, 3.63) is 82.9 Å². The molecule has 2 aromatic rings. The predicted molar refractivity (Wildman–Crippen MR) is 204 cm³/mol. The standard InChI is InChI=1S/C43H53NO14/c1-22-26(55-37(51)32(48)30(24-15-11-9-12-16-24)44-38(52)58-39(3,4)5)20-43(53)35(56-36(50)25-17-13-10-14-18-25)33-41(8,34(49)31(47)29(22)40(43,6)7)27(46)19-28-42(33,21-54-28)57-23(2)45/h9-18,26-28,30-33,35,46-48,53H,19-21H2,1-8H3,(H,44,52)/t26-,27?,28+,30?,31?,32+,33-,35-,41?,42-,43?/m0/s1. The first kappa shape index (κ1) is 42.9. The number of Topliss-reactive ketones (excluding diaryl/α,β-unsaturated/α-hetero) is 1. The van der Waals surface area contributed by atoms with Gasteiger partial charge in [-0.15, -0.1) is 0 Å². The molecule has 15 nitrogen and oxygen atoms in total. The van der Waals surface area contributed by atoms with E-state index in [1.165, 1.54) is 26.0 Å². The van der Waals surface area contributed by atoms with Crippen LogP contribution in [0.3, 0.4) is 0 Å². The van der Waals surface area contributed by atoms with Crippen LogP contribution in [0, 0.1) is 16.7 Å². The van der Waals surface area contributed by atoms with Crippen LogP contribution in [0.1, 0.15) is 90.2 Å². The molecule has 0 aromatic heterocycles. The molecule has 15 heteroatoms. The number of fused-ring (bicyclic) bond motifs is 5. The van der Waals surface area contributed by atoms with Crippen LogP contribution >= 0.6 is 0 Å². The molecule has 1 aliphatic heterocycles. The van der Waals surface area contributed by atoms with Gasteiger partial charge in [0.05, 0.1) is 35.6 Å². The zero-order valence-electron chi connectivity index (χ0n) is 33.9. The number of ketones is 1. The fourth-order valence-electron chi connectivity index (χ4n) is 9.56. The Kier molecular flexibility index (Phi) is 11.2. The van der Waals surface area contributed by atoms with Gasteiger partial charge in [0.2, 0.25) is 0 Å². The maximum absolute atomic E-state index is 14.9. The zero-order valence-corrected chi connectivity index (χ0v) is 33.9. The lowest BCUT2D eigenvalue weighted by Gasteiger charge is -2.67. The molecule has 5 N–H and O–H groups in total. The molecule has 1 heterocycles. The van der Waals surface area contributed by atoms with Crippen LogP contribution in [0.5, 0.6) is 0 Å². The van der Waals surface area contributed by atoms with Crippen molar-refractivity contribution in [3.8, 4) is 0 Å². The highest BCUT2D eigenvalue weighted by molar-refractivity contribution is 5.94. The van der Waals surface area contributed by atoms with Gasteiger partial charge in [0.1, 0.15) is 35.6 Å². The van der Waals surface area contributed by atoms with E-state index in [9.17, 15) is 44.4 Å². The van der Waals surface area contributed by atoms with Crippen LogP contribution in [0.25, 0.3) is 0 Å². The van der Waals surface area contributed by atoms with Crippen LogP contribution in [-0.2, 0) is 38.1 Å². The summed E-state index contributed by atoms with van der Waals surface area (Å²) in [6, 6.07) is 14.6. The summed E-state index contributed by atoms with van der Waals surface area (Å²) >= 11 is 0. The van der Waals surface area contributed by atoms with Gasteiger partial charge < -0.3 is 49.4 Å². The van der Waals surface area contributed by atoms with Gasteiger partial charge in [-0.2, -0.15) is 0 Å². The lowest BCUT2D eigenvalue weighted by Crippen LogP contribution is -2.81. The van der Waals surface area contributed by atoms with E-state index in [1.54, 1.807) is 83.1 Å². The molecule has 3 fully saturated rings. The number of carbonyl (C=O) groups is 5. The van der Waals surface area contributed by atoms with E-state index >= 15 is 0 Å². The minimum atomic E-state index is -2.35. The molecule has 2 aromatic carbocycles. The largest absolute Gasteiger partial charge is 0.456 e. The molecule has 58 heavy (non-hydrogen) atoms. The summed E-state index contributed by atoms with van der Waals surface area (Å²) in [5, 5.41) is 51.6. The molecule has 5 unspecified atom stereocenters. The quantitative estimate of drug-likeness (QED) is 0.147. The SMILES string of the molecule is CC(=O)O[C@@]12CO[C@@H]1CC(O)C1(C)C(=O)C(O)C3=C(C)[C@@H](OC(=O)[C@H](O)C(NC(=O)OC(C)(C)C)c4ccccc4)CC(O)([C@@H](OC(=O)c4ccccc4)[C@@H]12)C3(C)C. The molecule has 2 bridgehead atoms. The molecule has 11 atom stereocenters. The number of ether oxygens (including phenoxy) is 5. The molecule has 314 valence electrons. The summed E-state index contributed by atoms with van der Waals surface area (Å²) in [5.74, 6) is -5.36. The number of aliphatic hydroxyl groups excluding tert-OH is 3. The fourth-order valence-corrected chi connectivity index (χ4v) is 9.56. The molecular weight excluding hydrogens is 754 g/mol. The van der Waals surface area contributed by atoms with Crippen LogP contribution in [0.4, 0.5) is 4.79 Å². The summed E-state index contributed by atoms with van der Waals surface area (Å²) in [6.45, 7) is 11.8. The molecule has 3 aliphatic carbocycles. The average Bonchev–Trinajstić information content (AvgIpc) is 3.14. The highest BCUT2D eigenvalue weighted by atomic mass is 16.6. The number of alkyl carbamates (subject to hydrolysis) is 1. The molecule has 1 saturated heterocycles. The predicted octanol–water partition coefficient (Wildman–Crippen LogP) is 3.26. The Morgan fingerprint density at radius 2 is 1.55 bits per heavy atom. The highest BCUT2D eigenvalue weighted by Gasteiger charge is 2.78. The monoisotopic (exact) mass is 807 g/mol. The lowest BCUT2D eigenvalue weighted by molar-refractivity contribution is -0.346. The normalized spacial score (nSPS) is 33.7. The van der Waals surface area contributed by atoms with Crippen LogP contribution in [0.15, 0.2) is 71.8 Å². The number of hydrogen-bond acceptors (Lipinski definition) is 14. The summed E-state index contributed by atoms with van der Waals surface area (Å²) in [7, 11) is 0. The Bertz CT molecular complexity index is 1980. The Labute approximate surface area is 336 Å². The van der Waals surface area contributed by atoms with Crippen molar-refractivity contribution in [1.82, 2.24) is 5.32 Å². The zero-order chi connectivity index (χ0) is 42.7. The van der Waals surface area contributed by atoms with E-state index in [1.807, 2.05) is 0 Å². The number of rotatable bonds is 8. The summed E-state index contributed by atoms with van der Waals surface area (Å²) in [5.41, 5.74) is -8.14. The van der Waals surface area contributed by atoms with Crippen LogP contribution in [0.2, 0.25) is 0 Å². The van der Waals surface area contributed by atoms with Gasteiger partial charge in [0.25, 0.3) is 0 Å². The van der Waals surface area contributed by atoms with Gasteiger partial charge in [-0.1, -0.05) is 62.4 Å². The van der Waals surface area contributed by atoms with Crippen LogP contribution < -0.4 is 5.32 Å². The van der Waals surface area contributed by atoms with Crippen molar-refractivity contribution >= 4 is 29.8 Å². The molecule has 0 spiro atoms. The topological polar surface area (TPSA) is 224 Å². The minimum Gasteiger partial charge on any atom is -0.456 e. The summed E-state index contributed by atoms with van der Waals surface area (Å²) in [4.78, 5) is 68.9. The molecule has 1 amide bonds.